The lowest BCUT2D eigenvalue weighted by atomic mass is 9.89. The van der Waals surface area contributed by atoms with Crippen LogP contribution in [-0.4, -0.2) is 55.2 Å². The maximum Gasteiger partial charge on any atom is 0.333 e. The first kappa shape index (κ1) is 41.2. The van der Waals surface area contributed by atoms with E-state index in [4.69, 9.17) is 14.2 Å². The van der Waals surface area contributed by atoms with Crippen molar-refractivity contribution in [3.63, 3.8) is 0 Å². The van der Waals surface area contributed by atoms with Gasteiger partial charge in [0, 0.05) is 30.3 Å². The van der Waals surface area contributed by atoms with Crippen molar-refractivity contribution in [1.29, 1.82) is 0 Å². The second-order valence-corrected chi connectivity index (χ2v) is 13.4. The van der Waals surface area contributed by atoms with Crippen molar-refractivity contribution < 1.29 is 34.0 Å². The number of carbonyl (C=O) groups excluding carboxylic acids is 2. The Morgan fingerprint density at radius 3 is 1.73 bits per heavy atom. The van der Waals surface area contributed by atoms with Crippen molar-refractivity contribution in [3.05, 3.63) is 101 Å². The van der Waals surface area contributed by atoms with Gasteiger partial charge in [-0.2, -0.15) is 0 Å². The summed E-state index contributed by atoms with van der Waals surface area (Å²) in [5, 5.41) is 19.3. The Morgan fingerprint density at radius 1 is 0.667 bits per heavy atom. The zero-order valence-corrected chi connectivity index (χ0v) is 31.2. The number of aliphatic hydroxyl groups is 2. The van der Waals surface area contributed by atoms with Crippen molar-refractivity contribution in [1.82, 2.24) is 0 Å². The standard InChI is InChI=1S/C44H58O7/c1-7-9-10-13-33-16-18-36(19-17-33)37-20-21-41(35(8-2)26-37)40-27-38(14-11-23-50-43(47)31(3)4)42(49-25-22-34(29-45)30-46)39(28-40)15-12-24-51-44(48)32(5)6/h16-21,26-28,34,45-46H,3,5,7-15,22-25,29-30H2,1-2,4,6H3. The summed E-state index contributed by atoms with van der Waals surface area (Å²) in [5.41, 5.74) is 9.82. The average molecular weight is 699 g/mol. The quantitative estimate of drug-likeness (QED) is 0.0580. The molecule has 0 unspecified atom stereocenters. The number of hydrogen-bond donors (Lipinski definition) is 2. The minimum Gasteiger partial charge on any atom is -0.493 e. The van der Waals surface area contributed by atoms with Gasteiger partial charge in [-0.3, -0.25) is 0 Å². The molecule has 0 fully saturated rings. The molecule has 0 aliphatic rings. The van der Waals surface area contributed by atoms with Crippen LogP contribution in [0.1, 0.15) is 88.5 Å². The third-order valence-corrected chi connectivity index (χ3v) is 9.03. The molecule has 3 aromatic carbocycles. The van der Waals surface area contributed by atoms with Crippen LogP contribution in [0.3, 0.4) is 0 Å². The minimum absolute atomic E-state index is 0.125. The van der Waals surface area contributed by atoms with E-state index < -0.39 is 11.9 Å². The molecule has 51 heavy (non-hydrogen) atoms. The second-order valence-electron chi connectivity index (χ2n) is 13.4. The van der Waals surface area contributed by atoms with Crippen LogP contribution >= 0.6 is 0 Å². The molecule has 0 amide bonds. The molecular formula is C44H58O7. The average Bonchev–Trinajstić information content (AvgIpc) is 3.13. The number of hydrogen-bond acceptors (Lipinski definition) is 7. The molecule has 3 rings (SSSR count). The Labute approximate surface area is 305 Å². The monoisotopic (exact) mass is 698 g/mol. The highest BCUT2D eigenvalue weighted by molar-refractivity contribution is 5.87. The lowest BCUT2D eigenvalue weighted by Gasteiger charge is -2.21. The fraction of sp³-hybridized carbons (Fsp3) is 0.455. The van der Waals surface area contributed by atoms with E-state index in [9.17, 15) is 19.8 Å². The predicted octanol–water partition coefficient (Wildman–Crippen LogP) is 8.79. The van der Waals surface area contributed by atoms with Crippen molar-refractivity contribution in [2.24, 2.45) is 5.92 Å². The summed E-state index contributed by atoms with van der Waals surface area (Å²) < 4.78 is 17.2. The highest BCUT2D eigenvalue weighted by Gasteiger charge is 2.18. The lowest BCUT2D eigenvalue weighted by Crippen LogP contribution is -2.16. The van der Waals surface area contributed by atoms with Crippen molar-refractivity contribution >= 4 is 11.9 Å². The van der Waals surface area contributed by atoms with E-state index in [2.05, 4.69) is 81.6 Å². The maximum atomic E-state index is 12.1. The highest BCUT2D eigenvalue weighted by Crippen LogP contribution is 2.36. The molecule has 7 nitrogen and oxygen atoms in total. The van der Waals surface area contributed by atoms with Crippen LogP contribution in [0.2, 0.25) is 0 Å². The second kappa shape index (κ2) is 21.9. The summed E-state index contributed by atoms with van der Waals surface area (Å²) in [6, 6.07) is 19.9. The summed E-state index contributed by atoms with van der Waals surface area (Å²) in [4.78, 5) is 24.1. The van der Waals surface area contributed by atoms with Crippen LogP contribution in [0.4, 0.5) is 0 Å². The fourth-order valence-corrected chi connectivity index (χ4v) is 5.93. The first-order valence-corrected chi connectivity index (χ1v) is 18.5. The van der Waals surface area contributed by atoms with Gasteiger partial charge in [0.25, 0.3) is 0 Å². The van der Waals surface area contributed by atoms with Gasteiger partial charge >= 0.3 is 11.9 Å². The Morgan fingerprint density at radius 2 is 1.22 bits per heavy atom. The summed E-state index contributed by atoms with van der Waals surface area (Å²) in [6.07, 6.45) is 8.47. The molecule has 276 valence electrons. The highest BCUT2D eigenvalue weighted by atomic mass is 16.5. The van der Waals surface area contributed by atoms with Crippen molar-refractivity contribution in [2.45, 2.75) is 91.9 Å². The van der Waals surface area contributed by atoms with Gasteiger partial charge in [-0.05, 0) is 122 Å². The van der Waals surface area contributed by atoms with Gasteiger partial charge in [-0.25, -0.2) is 9.59 Å². The van der Waals surface area contributed by atoms with Gasteiger partial charge in [-0.15, -0.1) is 0 Å². The van der Waals surface area contributed by atoms with Gasteiger partial charge < -0.3 is 24.4 Å². The van der Waals surface area contributed by atoms with E-state index in [-0.39, 0.29) is 32.3 Å². The molecule has 0 bridgehead atoms. The van der Waals surface area contributed by atoms with Crippen molar-refractivity contribution in [2.75, 3.05) is 33.0 Å². The molecule has 7 heteroatoms. The number of aryl methyl sites for hydroxylation is 4. The zero-order valence-electron chi connectivity index (χ0n) is 31.2. The molecule has 0 saturated heterocycles. The maximum absolute atomic E-state index is 12.1. The van der Waals surface area contributed by atoms with Crippen LogP contribution in [0, 0.1) is 5.92 Å². The number of ether oxygens (including phenoxy) is 3. The first-order valence-electron chi connectivity index (χ1n) is 18.5. The number of rotatable bonds is 23. The molecule has 0 heterocycles. The van der Waals surface area contributed by atoms with Gasteiger partial charge in [0.15, 0.2) is 0 Å². The van der Waals surface area contributed by atoms with Crippen LogP contribution in [0.5, 0.6) is 5.75 Å². The van der Waals surface area contributed by atoms with E-state index in [0.29, 0.717) is 49.9 Å². The third-order valence-electron chi connectivity index (χ3n) is 9.03. The predicted molar refractivity (Wildman–Crippen MR) is 206 cm³/mol. The normalized spacial score (nSPS) is 11.0. The molecule has 0 aliphatic heterocycles. The summed E-state index contributed by atoms with van der Waals surface area (Å²) in [6.45, 7) is 15.5. The smallest absolute Gasteiger partial charge is 0.333 e. The molecular weight excluding hydrogens is 640 g/mol. The van der Waals surface area contributed by atoms with E-state index >= 15 is 0 Å². The van der Waals surface area contributed by atoms with Gasteiger partial charge in [-0.1, -0.05) is 82.3 Å². The molecule has 0 radical (unpaired) electrons. The topological polar surface area (TPSA) is 102 Å². The Hall–Kier alpha value is -4.20. The van der Waals surface area contributed by atoms with Crippen LogP contribution in [-0.2, 0) is 44.7 Å². The van der Waals surface area contributed by atoms with Gasteiger partial charge in [0.1, 0.15) is 5.75 Å². The summed E-state index contributed by atoms with van der Waals surface area (Å²) in [7, 11) is 0. The third kappa shape index (κ3) is 13.1. The van der Waals surface area contributed by atoms with Crippen molar-refractivity contribution in [3.8, 4) is 28.0 Å². The van der Waals surface area contributed by atoms with E-state index in [1.54, 1.807) is 13.8 Å². The Bertz CT molecular complexity index is 1530. The molecule has 0 spiro atoms. The van der Waals surface area contributed by atoms with Crippen LogP contribution in [0.15, 0.2) is 78.9 Å². The molecule has 0 aromatic heterocycles. The van der Waals surface area contributed by atoms with E-state index in [0.717, 1.165) is 40.8 Å². The number of benzene rings is 3. The Balaban J connectivity index is 2.00. The summed E-state index contributed by atoms with van der Waals surface area (Å²) in [5.74, 6) is -0.368. The van der Waals surface area contributed by atoms with E-state index in [1.807, 2.05) is 0 Å². The molecule has 0 atom stereocenters. The Kier molecular flexibility index (Phi) is 17.7. The fourth-order valence-electron chi connectivity index (χ4n) is 5.93. The van der Waals surface area contributed by atoms with E-state index in [1.165, 1.54) is 41.5 Å². The lowest BCUT2D eigenvalue weighted by molar-refractivity contribution is -0.139. The van der Waals surface area contributed by atoms with Crippen LogP contribution in [0.25, 0.3) is 22.3 Å². The zero-order chi connectivity index (χ0) is 37.2. The first-order chi connectivity index (χ1) is 24.6. The SMILES string of the molecule is C=C(C)C(=O)OCCCc1cc(-c2ccc(-c3ccc(CCCCC)cc3)cc2CC)cc(CCCOC(=O)C(=C)C)c1OCCC(CO)CO. The number of esters is 2. The van der Waals surface area contributed by atoms with Gasteiger partial charge in [0.2, 0.25) is 0 Å². The largest absolute Gasteiger partial charge is 0.493 e. The number of aliphatic hydroxyl groups excluding tert-OH is 2. The molecule has 2 N–H and O–H groups in total. The summed E-state index contributed by atoms with van der Waals surface area (Å²) >= 11 is 0. The molecule has 0 saturated carbocycles. The number of carbonyl (C=O) groups is 2. The number of unbranched alkanes of at least 4 members (excludes halogenated alkanes) is 2. The molecule has 0 aliphatic carbocycles. The van der Waals surface area contributed by atoms with Crippen LogP contribution < -0.4 is 4.74 Å². The minimum atomic E-state index is -0.414. The van der Waals surface area contributed by atoms with Gasteiger partial charge in [0.05, 0.1) is 19.8 Å². The molecule has 3 aromatic rings.